The van der Waals surface area contributed by atoms with Crippen LogP contribution in [0.25, 0.3) is 0 Å². The lowest BCUT2D eigenvalue weighted by molar-refractivity contribution is 0.299. The Morgan fingerprint density at radius 2 is 2.21 bits per heavy atom. The van der Waals surface area contributed by atoms with Gasteiger partial charge >= 0.3 is 0 Å². The van der Waals surface area contributed by atoms with E-state index in [4.69, 9.17) is 5.11 Å². The molecule has 0 bridgehead atoms. The predicted molar refractivity (Wildman–Crippen MR) is 61.5 cm³/mol. The molecule has 4 heteroatoms. The van der Waals surface area contributed by atoms with Crippen LogP contribution in [-0.2, 0) is 0 Å². The number of anilines is 1. The maximum Gasteiger partial charge on any atom is 0.0606 e. The van der Waals surface area contributed by atoms with Gasteiger partial charge in [-0.05, 0) is 35.8 Å². The molecule has 1 N–H and O–H groups in total. The number of aliphatic hydroxyl groups excluding tert-OH is 1. The van der Waals surface area contributed by atoms with Crippen molar-refractivity contribution in [3.8, 4) is 0 Å². The Hall–Kier alpha value is -0.610. The highest BCUT2D eigenvalue weighted by atomic mass is 79.9. The number of halogens is 1. The average Bonchev–Trinajstić information content (AvgIpc) is 2.13. The molecule has 0 saturated heterocycles. The summed E-state index contributed by atoms with van der Waals surface area (Å²) in [5, 5.41) is 8.94. The Bertz CT molecular complexity index is 291. The van der Waals surface area contributed by atoms with Gasteiger partial charge in [0.05, 0.1) is 18.5 Å². The molecule has 0 radical (unpaired) electrons. The molecule has 0 fully saturated rings. The smallest absolute Gasteiger partial charge is 0.0606 e. The van der Waals surface area contributed by atoms with Crippen molar-refractivity contribution in [1.82, 2.24) is 4.98 Å². The lowest BCUT2D eigenvalue weighted by Gasteiger charge is -2.27. The molecule has 0 aromatic carbocycles. The number of pyridine rings is 1. The second kappa shape index (κ2) is 5.32. The summed E-state index contributed by atoms with van der Waals surface area (Å²) < 4.78 is 0.957. The van der Waals surface area contributed by atoms with Gasteiger partial charge < -0.3 is 10.0 Å². The summed E-state index contributed by atoms with van der Waals surface area (Å²) in [5.41, 5.74) is 1.03. The van der Waals surface area contributed by atoms with Gasteiger partial charge in [-0.3, -0.25) is 4.98 Å². The minimum atomic E-state index is 0.157. The first-order chi connectivity index (χ1) is 6.65. The quantitative estimate of drug-likeness (QED) is 0.899. The number of aromatic nitrogens is 1. The van der Waals surface area contributed by atoms with E-state index in [0.717, 1.165) is 10.2 Å². The third-order valence-corrected chi connectivity index (χ3v) is 2.42. The van der Waals surface area contributed by atoms with Crippen molar-refractivity contribution in [2.24, 2.45) is 0 Å². The molecule has 0 atom stereocenters. The fraction of sp³-hybridized carbons (Fsp3) is 0.500. The van der Waals surface area contributed by atoms with Crippen LogP contribution < -0.4 is 4.90 Å². The molecule has 0 unspecified atom stereocenters. The van der Waals surface area contributed by atoms with Crippen molar-refractivity contribution in [2.45, 2.75) is 19.9 Å². The number of aliphatic hydroxyl groups is 1. The molecule has 1 heterocycles. The first kappa shape index (κ1) is 11.5. The van der Waals surface area contributed by atoms with E-state index in [1.807, 2.05) is 6.07 Å². The molecule has 14 heavy (non-hydrogen) atoms. The van der Waals surface area contributed by atoms with Gasteiger partial charge in [-0.15, -0.1) is 0 Å². The number of nitrogens with zero attached hydrogens (tertiary/aromatic N) is 2. The molecule has 1 aromatic heterocycles. The van der Waals surface area contributed by atoms with Crippen LogP contribution in [0.4, 0.5) is 5.69 Å². The zero-order valence-electron chi connectivity index (χ0n) is 8.44. The normalized spacial score (nSPS) is 10.6. The van der Waals surface area contributed by atoms with E-state index in [-0.39, 0.29) is 6.61 Å². The van der Waals surface area contributed by atoms with Gasteiger partial charge in [-0.2, -0.15) is 0 Å². The zero-order valence-corrected chi connectivity index (χ0v) is 10.0. The highest BCUT2D eigenvalue weighted by molar-refractivity contribution is 9.10. The molecule has 0 spiro atoms. The lowest BCUT2D eigenvalue weighted by atomic mass is 10.2. The van der Waals surface area contributed by atoms with Crippen LogP contribution in [0.15, 0.2) is 22.9 Å². The van der Waals surface area contributed by atoms with Gasteiger partial charge in [0, 0.05) is 23.3 Å². The molecule has 0 aliphatic heterocycles. The SMILES string of the molecule is CC(C)N(CCO)c1cncc(Br)c1. The molecule has 0 aliphatic carbocycles. The predicted octanol–water partition coefficient (Wildman–Crippen LogP) is 2.05. The van der Waals surface area contributed by atoms with Gasteiger partial charge in [0.25, 0.3) is 0 Å². The third-order valence-electron chi connectivity index (χ3n) is 1.99. The van der Waals surface area contributed by atoms with Crippen molar-refractivity contribution in [2.75, 3.05) is 18.1 Å². The fourth-order valence-electron chi connectivity index (χ4n) is 1.35. The summed E-state index contributed by atoms with van der Waals surface area (Å²) in [6.07, 6.45) is 3.56. The lowest BCUT2D eigenvalue weighted by Crippen LogP contribution is -2.33. The van der Waals surface area contributed by atoms with E-state index < -0.39 is 0 Å². The summed E-state index contributed by atoms with van der Waals surface area (Å²) in [4.78, 5) is 6.21. The molecule has 0 aliphatic rings. The van der Waals surface area contributed by atoms with Crippen LogP contribution in [0.1, 0.15) is 13.8 Å². The van der Waals surface area contributed by atoms with E-state index in [1.54, 1.807) is 12.4 Å². The van der Waals surface area contributed by atoms with Crippen molar-refractivity contribution in [1.29, 1.82) is 0 Å². The van der Waals surface area contributed by atoms with Gasteiger partial charge in [0.2, 0.25) is 0 Å². The Labute approximate surface area is 92.9 Å². The van der Waals surface area contributed by atoms with Gasteiger partial charge in [0.15, 0.2) is 0 Å². The molecule has 0 saturated carbocycles. The maximum atomic E-state index is 8.94. The first-order valence-electron chi connectivity index (χ1n) is 4.63. The third kappa shape index (κ3) is 2.96. The van der Waals surface area contributed by atoms with Gasteiger partial charge in [-0.25, -0.2) is 0 Å². The molecule has 0 amide bonds. The largest absolute Gasteiger partial charge is 0.395 e. The summed E-state index contributed by atoms with van der Waals surface area (Å²) in [6.45, 7) is 4.98. The Balaban J connectivity index is 2.87. The summed E-state index contributed by atoms with van der Waals surface area (Å²) in [5.74, 6) is 0. The first-order valence-corrected chi connectivity index (χ1v) is 5.42. The number of hydrogen-bond donors (Lipinski definition) is 1. The van der Waals surface area contributed by atoms with Gasteiger partial charge in [-0.1, -0.05) is 0 Å². The van der Waals surface area contributed by atoms with Crippen LogP contribution in [0.3, 0.4) is 0 Å². The highest BCUT2D eigenvalue weighted by Crippen LogP contribution is 2.19. The molecule has 78 valence electrons. The second-order valence-corrected chi connectivity index (χ2v) is 4.29. The maximum absolute atomic E-state index is 8.94. The van der Waals surface area contributed by atoms with E-state index in [2.05, 4.69) is 39.7 Å². The van der Waals surface area contributed by atoms with Crippen LogP contribution in [-0.4, -0.2) is 29.3 Å². The molecular weight excluding hydrogens is 244 g/mol. The van der Waals surface area contributed by atoms with Crippen LogP contribution in [0.2, 0.25) is 0 Å². The highest BCUT2D eigenvalue weighted by Gasteiger charge is 2.09. The van der Waals surface area contributed by atoms with Crippen LogP contribution in [0.5, 0.6) is 0 Å². The van der Waals surface area contributed by atoms with Crippen LogP contribution in [0, 0.1) is 0 Å². The average molecular weight is 259 g/mol. The number of rotatable bonds is 4. The van der Waals surface area contributed by atoms with Crippen molar-refractivity contribution in [3.63, 3.8) is 0 Å². The Morgan fingerprint density at radius 3 is 2.71 bits per heavy atom. The fourth-order valence-corrected chi connectivity index (χ4v) is 1.70. The van der Waals surface area contributed by atoms with Crippen LogP contribution >= 0.6 is 15.9 Å². The van der Waals surface area contributed by atoms with E-state index in [0.29, 0.717) is 12.6 Å². The Morgan fingerprint density at radius 1 is 1.50 bits per heavy atom. The topological polar surface area (TPSA) is 36.4 Å². The minimum absolute atomic E-state index is 0.157. The Kier molecular flexibility index (Phi) is 4.35. The number of hydrogen-bond acceptors (Lipinski definition) is 3. The molecule has 1 aromatic rings. The zero-order chi connectivity index (χ0) is 10.6. The summed E-state index contributed by atoms with van der Waals surface area (Å²) >= 11 is 3.38. The summed E-state index contributed by atoms with van der Waals surface area (Å²) in [7, 11) is 0. The van der Waals surface area contributed by atoms with Crippen molar-refractivity contribution < 1.29 is 5.11 Å². The van der Waals surface area contributed by atoms with E-state index >= 15 is 0 Å². The van der Waals surface area contributed by atoms with Crippen molar-refractivity contribution in [3.05, 3.63) is 22.9 Å². The summed E-state index contributed by atoms with van der Waals surface area (Å²) in [6, 6.07) is 2.36. The van der Waals surface area contributed by atoms with Crippen molar-refractivity contribution >= 4 is 21.6 Å². The molecule has 1 rings (SSSR count). The molecular formula is C10H15BrN2O. The van der Waals surface area contributed by atoms with Gasteiger partial charge in [0.1, 0.15) is 0 Å². The monoisotopic (exact) mass is 258 g/mol. The van der Waals surface area contributed by atoms with E-state index in [1.165, 1.54) is 0 Å². The van der Waals surface area contributed by atoms with E-state index in [9.17, 15) is 0 Å². The minimum Gasteiger partial charge on any atom is -0.395 e. The second-order valence-electron chi connectivity index (χ2n) is 3.37. The molecule has 3 nitrogen and oxygen atoms in total. The standard InChI is InChI=1S/C10H15BrN2O/c1-8(2)13(3-4-14)10-5-9(11)6-12-7-10/h5-8,14H,3-4H2,1-2H3.